The lowest BCUT2D eigenvalue weighted by Gasteiger charge is -2.07. The molecule has 1 fully saturated rings. The van der Waals surface area contributed by atoms with Crippen LogP contribution in [-0.2, 0) is 26.8 Å². The molecule has 1 aliphatic rings. The van der Waals surface area contributed by atoms with Crippen molar-refractivity contribution in [1.29, 1.82) is 0 Å². The molecular weight excluding hydrogens is 434 g/mol. The zero-order valence-corrected chi connectivity index (χ0v) is 19.0. The highest BCUT2D eigenvalue weighted by Gasteiger charge is 2.43. The number of aromatic nitrogens is 3. The standard InChI is InChI=1S/C26H23N3O3S/c1-17-14-27-15-20-4-3-18(11-22(17)20)12-25(30)24-13-23(24)19-5-7-21(8-6-19)33(31,32)16-26-28-9-2-10-29-26/h2-11,14-15,23-24H,12-13,16H2,1H3. The van der Waals surface area contributed by atoms with Gasteiger partial charge in [0, 0.05) is 42.5 Å². The molecule has 0 N–H and O–H groups in total. The molecule has 1 saturated carbocycles. The predicted molar refractivity (Wildman–Crippen MR) is 125 cm³/mol. The van der Waals surface area contributed by atoms with Crippen molar-refractivity contribution < 1.29 is 13.2 Å². The fourth-order valence-corrected chi connectivity index (χ4v) is 5.50. The Morgan fingerprint density at radius 1 is 1.03 bits per heavy atom. The number of pyridine rings is 1. The molecule has 0 amide bonds. The van der Waals surface area contributed by atoms with Crippen LogP contribution in [0.25, 0.3) is 10.8 Å². The number of hydrogen-bond acceptors (Lipinski definition) is 6. The average Bonchev–Trinajstić information content (AvgIpc) is 3.61. The Labute approximate surface area is 192 Å². The van der Waals surface area contributed by atoms with Gasteiger partial charge in [0.05, 0.1) is 4.90 Å². The summed E-state index contributed by atoms with van der Waals surface area (Å²) in [6, 6.07) is 14.6. The summed E-state index contributed by atoms with van der Waals surface area (Å²) < 4.78 is 25.3. The van der Waals surface area contributed by atoms with Gasteiger partial charge >= 0.3 is 0 Å². The van der Waals surface area contributed by atoms with Crippen LogP contribution in [0.4, 0.5) is 0 Å². The fourth-order valence-electron chi connectivity index (χ4n) is 4.30. The first-order chi connectivity index (χ1) is 15.9. The van der Waals surface area contributed by atoms with Crippen molar-refractivity contribution in [2.45, 2.75) is 36.3 Å². The molecule has 33 heavy (non-hydrogen) atoms. The lowest BCUT2D eigenvalue weighted by Crippen LogP contribution is -2.08. The lowest BCUT2D eigenvalue weighted by atomic mass is 9.99. The summed E-state index contributed by atoms with van der Waals surface area (Å²) in [5.74, 6) is 0.398. The van der Waals surface area contributed by atoms with Crippen LogP contribution in [0.1, 0.15) is 34.9 Å². The number of Topliss-reactive ketones (excluding diaryl/α,β-unsaturated/α-hetero) is 1. The van der Waals surface area contributed by atoms with E-state index in [-0.39, 0.29) is 34.1 Å². The van der Waals surface area contributed by atoms with Crippen LogP contribution in [-0.4, -0.2) is 29.2 Å². The third kappa shape index (κ3) is 4.54. The molecule has 4 aromatic rings. The van der Waals surface area contributed by atoms with Crippen LogP contribution in [0, 0.1) is 12.8 Å². The number of carbonyl (C=O) groups is 1. The predicted octanol–water partition coefficient (Wildman–Crippen LogP) is 4.22. The first-order valence-corrected chi connectivity index (χ1v) is 12.5. The molecule has 0 spiro atoms. The Kier molecular flexibility index (Phi) is 5.50. The first kappa shape index (κ1) is 21.4. The number of ketones is 1. The van der Waals surface area contributed by atoms with Crippen molar-refractivity contribution in [2.24, 2.45) is 5.92 Å². The second kappa shape index (κ2) is 8.48. The van der Waals surface area contributed by atoms with E-state index >= 15 is 0 Å². The molecule has 2 aromatic carbocycles. The molecule has 2 aromatic heterocycles. The summed E-state index contributed by atoms with van der Waals surface area (Å²) in [4.78, 5) is 25.3. The zero-order valence-electron chi connectivity index (χ0n) is 18.2. The molecule has 166 valence electrons. The lowest BCUT2D eigenvalue weighted by molar-refractivity contribution is -0.119. The molecule has 1 aliphatic carbocycles. The van der Waals surface area contributed by atoms with Crippen LogP contribution >= 0.6 is 0 Å². The number of hydrogen-bond donors (Lipinski definition) is 0. The van der Waals surface area contributed by atoms with E-state index in [0.717, 1.165) is 33.9 Å². The minimum atomic E-state index is -3.52. The topological polar surface area (TPSA) is 89.9 Å². The van der Waals surface area contributed by atoms with Crippen LogP contribution in [0.3, 0.4) is 0 Å². The Bertz CT molecular complexity index is 1440. The van der Waals surface area contributed by atoms with Crippen molar-refractivity contribution in [3.05, 3.63) is 95.8 Å². The van der Waals surface area contributed by atoms with Gasteiger partial charge in [0.2, 0.25) is 0 Å². The number of aryl methyl sites for hydroxylation is 1. The molecular formula is C26H23N3O3S. The van der Waals surface area contributed by atoms with Crippen molar-refractivity contribution in [1.82, 2.24) is 15.0 Å². The maximum Gasteiger partial charge on any atom is 0.185 e. The van der Waals surface area contributed by atoms with Crippen LogP contribution < -0.4 is 0 Å². The largest absolute Gasteiger partial charge is 0.299 e. The van der Waals surface area contributed by atoms with E-state index in [4.69, 9.17) is 0 Å². The summed E-state index contributed by atoms with van der Waals surface area (Å²) in [5, 5.41) is 2.20. The van der Waals surface area contributed by atoms with Gasteiger partial charge in [-0.2, -0.15) is 0 Å². The molecule has 2 unspecified atom stereocenters. The minimum absolute atomic E-state index is 0.0144. The monoisotopic (exact) mass is 457 g/mol. The van der Waals surface area contributed by atoms with E-state index in [1.807, 2.05) is 43.6 Å². The van der Waals surface area contributed by atoms with E-state index in [2.05, 4.69) is 21.0 Å². The molecule has 6 nitrogen and oxygen atoms in total. The molecule has 5 rings (SSSR count). The van der Waals surface area contributed by atoms with Crippen molar-refractivity contribution in [2.75, 3.05) is 0 Å². The van der Waals surface area contributed by atoms with E-state index in [0.29, 0.717) is 6.42 Å². The number of nitrogens with zero attached hydrogens (tertiary/aromatic N) is 3. The molecule has 0 radical (unpaired) electrons. The van der Waals surface area contributed by atoms with Gasteiger partial charge < -0.3 is 0 Å². The molecule has 0 bridgehead atoms. The van der Waals surface area contributed by atoms with Gasteiger partial charge in [0.15, 0.2) is 9.84 Å². The first-order valence-electron chi connectivity index (χ1n) is 10.9. The maximum absolute atomic E-state index is 12.9. The van der Waals surface area contributed by atoms with Gasteiger partial charge in [-0.1, -0.05) is 30.3 Å². The van der Waals surface area contributed by atoms with E-state index in [1.54, 1.807) is 18.2 Å². The van der Waals surface area contributed by atoms with Crippen molar-refractivity contribution in [3.8, 4) is 0 Å². The SMILES string of the molecule is Cc1cncc2ccc(CC(=O)C3CC3c3ccc(S(=O)(=O)Cc4ncccn4)cc3)cc12. The smallest absolute Gasteiger partial charge is 0.185 e. The molecule has 2 heterocycles. The number of carbonyl (C=O) groups excluding carboxylic acids is 1. The normalized spacial score (nSPS) is 17.7. The van der Waals surface area contributed by atoms with Crippen LogP contribution in [0.2, 0.25) is 0 Å². The van der Waals surface area contributed by atoms with Gasteiger partial charge in [0.25, 0.3) is 0 Å². The zero-order chi connectivity index (χ0) is 23.0. The highest BCUT2D eigenvalue weighted by molar-refractivity contribution is 7.90. The Morgan fingerprint density at radius 3 is 2.55 bits per heavy atom. The highest BCUT2D eigenvalue weighted by atomic mass is 32.2. The van der Waals surface area contributed by atoms with Crippen molar-refractivity contribution >= 4 is 26.4 Å². The van der Waals surface area contributed by atoms with Gasteiger partial charge in [-0.3, -0.25) is 9.78 Å². The number of rotatable bonds is 7. The van der Waals surface area contributed by atoms with Crippen LogP contribution in [0.15, 0.2) is 78.2 Å². The number of sulfone groups is 1. The molecule has 7 heteroatoms. The highest BCUT2D eigenvalue weighted by Crippen LogP contribution is 2.48. The summed E-state index contributed by atoms with van der Waals surface area (Å²) >= 11 is 0. The number of fused-ring (bicyclic) bond motifs is 1. The molecule has 0 saturated heterocycles. The average molecular weight is 458 g/mol. The Hall–Kier alpha value is -3.45. The number of benzene rings is 2. The van der Waals surface area contributed by atoms with E-state index in [9.17, 15) is 13.2 Å². The summed E-state index contributed by atoms with van der Waals surface area (Å²) in [6.45, 7) is 2.02. The minimum Gasteiger partial charge on any atom is -0.299 e. The summed E-state index contributed by atoms with van der Waals surface area (Å²) in [6.07, 6.45) is 7.94. The Morgan fingerprint density at radius 2 is 1.79 bits per heavy atom. The van der Waals surface area contributed by atoms with E-state index < -0.39 is 9.84 Å². The third-order valence-electron chi connectivity index (χ3n) is 6.21. The third-order valence-corrected chi connectivity index (χ3v) is 7.84. The van der Waals surface area contributed by atoms with Crippen LogP contribution in [0.5, 0.6) is 0 Å². The van der Waals surface area contributed by atoms with Crippen molar-refractivity contribution in [3.63, 3.8) is 0 Å². The molecule has 0 aliphatic heterocycles. The molecule has 2 atom stereocenters. The summed E-state index contributed by atoms with van der Waals surface area (Å²) in [5.41, 5.74) is 3.11. The second-order valence-corrected chi connectivity index (χ2v) is 10.6. The maximum atomic E-state index is 12.9. The summed E-state index contributed by atoms with van der Waals surface area (Å²) in [7, 11) is -3.52. The van der Waals surface area contributed by atoms with Gasteiger partial charge in [-0.25, -0.2) is 18.4 Å². The van der Waals surface area contributed by atoms with Gasteiger partial charge in [0.1, 0.15) is 17.4 Å². The Balaban J connectivity index is 1.25. The quantitative estimate of drug-likeness (QED) is 0.413. The van der Waals surface area contributed by atoms with E-state index in [1.165, 1.54) is 12.4 Å². The second-order valence-electron chi connectivity index (χ2n) is 8.60. The van der Waals surface area contributed by atoms with Gasteiger partial charge in [-0.05, 0) is 59.5 Å². The fraction of sp³-hybridized carbons (Fsp3) is 0.231. The van der Waals surface area contributed by atoms with Gasteiger partial charge in [-0.15, -0.1) is 0 Å².